The van der Waals surface area contributed by atoms with Crippen LogP contribution in [0.15, 0.2) is 16.9 Å². The predicted octanol–water partition coefficient (Wildman–Crippen LogP) is 1.90. The van der Waals surface area contributed by atoms with Crippen LogP contribution in [0, 0.1) is 0 Å². The van der Waals surface area contributed by atoms with Gasteiger partial charge < -0.3 is 14.0 Å². The summed E-state index contributed by atoms with van der Waals surface area (Å²) in [6.45, 7) is -0.676. The van der Waals surface area contributed by atoms with E-state index in [2.05, 4.69) is 15.1 Å². The summed E-state index contributed by atoms with van der Waals surface area (Å²) >= 11 is 0. The van der Waals surface area contributed by atoms with Crippen molar-refractivity contribution in [3.63, 3.8) is 0 Å². The van der Waals surface area contributed by atoms with Crippen LogP contribution in [0.5, 0.6) is 0 Å². The maximum absolute atomic E-state index is 13.9. The first-order valence-corrected chi connectivity index (χ1v) is 7.44. The van der Waals surface area contributed by atoms with Gasteiger partial charge in [-0.1, -0.05) is 5.16 Å². The highest BCUT2D eigenvalue weighted by molar-refractivity contribution is 5.91. The second-order valence-corrected chi connectivity index (χ2v) is 6.14. The van der Waals surface area contributed by atoms with Crippen LogP contribution in [0.25, 0.3) is 0 Å². The lowest BCUT2D eigenvalue weighted by molar-refractivity contribution is 0.0115. The Kier molecular flexibility index (Phi) is 3.00. The number of likely N-dealkylation sites (tertiary alicyclic amines) is 1. The maximum atomic E-state index is 13.9. The zero-order valence-corrected chi connectivity index (χ0v) is 12.4. The predicted molar refractivity (Wildman–Crippen MR) is 72.8 cm³/mol. The van der Waals surface area contributed by atoms with Crippen LogP contribution in [0.1, 0.15) is 53.6 Å². The summed E-state index contributed by atoms with van der Waals surface area (Å²) in [6.07, 6.45) is 4.49. The molecule has 2 aromatic heterocycles. The number of aromatic nitrogens is 4. The first-order valence-electron chi connectivity index (χ1n) is 7.44. The van der Waals surface area contributed by atoms with Crippen molar-refractivity contribution in [3.05, 3.63) is 29.9 Å². The molecule has 0 aromatic carbocycles. The SMILES string of the molecule is Cn1ccnc1C(=O)N1CC(F)(F)C[C@H]1c1nc(C2CC2)no1. The molecule has 0 bridgehead atoms. The zero-order chi connectivity index (χ0) is 16.2. The van der Waals surface area contributed by atoms with E-state index in [4.69, 9.17) is 4.52 Å². The minimum absolute atomic E-state index is 0.0756. The highest BCUT2D eigenvalue weighted by atomic mass is 19.3. The van der Waals surface area contributed by atoms with Crippen molar-refractivity contribution in [2.24, 2.45) is 7.05 Å². The monoisotopic (exact) mass is 323 g/mol. The maximum Gasteiger partial charge on any atom is 0.290 e. The van der Waals surface area contributed by atoms with Crippen molar-refractivity contribution in [3.8, 4) is 0 Å². The van der Waals surface area contributed by atoms with E-state index in [1.54, 1.807) is 13.2 Å². The van der Waals surface area contributed by atoms with Crippen LogP contribution in [-0.4, -0.2) is 43.0 Å². The summed E-state index contributed by atoms with van der Waals surface area (Å²) in [4.78, 5) is 21.8. The van der Waals surface area contributed by atoms with Crippen molar-refractivity contribution < 1.29 is 18.1 Å². The Morgan fingerprint density at radius 1 is 1.43 bits per heavy atom. The van der Waals surface area contributed by atoms with Crippen LogP contribution >= 0.6 is 0 Å². The number of rotatable bonds is 3. The van der Waals surface area contributed by atoms with Gasteiger partial charge in [-0.15, -0.1) is 0 Å². The first kappa shape index (κ1) is 14.3. The van der Waals surface area contributed by atoms with Crippen LogP contribution in [0.3, 0.4) is 0 Å². The van der Waals surface area contributed by atoms with Gasteiger partial charge in [0.2, 0.25) is 5.89 Å². The average Bonchev–Trinajstić information content (AvgIpc) is 2.94. The van der Waals surface area contributed by atoms with E-state index in [1.807, 2.05) is 0 Å². The number of aryl methyl sites for hydroxylation is 1. The molecular formula is C14H15F2N5O2. The van der Waals surface area contributed by atoms with Crippen molar-refractivity contribution in [1.82, 2.24) is 24.6 Å². The fourth-order valence-electron chi connectivity index (χ4n) is 2.84. The molecule has 1 atom stereocenters. The number of halogens is 2. The highest BCUT2D eigenvalue weighted by Crippen LogP contribution is 2.43. The quantitative estimate of drug-likeness (QED) is 0.862. The third kappa shape index (κ3) is 2.49. The molecule has 3 heterocycles. The van der Waals surface area contributed by atoms with Gasteiger partial charge in [0.25, 0.3) is 11.8 Å². The number of imidazole rings is 1. The largest absolute Gasteiger partial charge is 0.337 e. The molecule has 4 rings (SSSR count). The lowest BCUT2D eigenvalue weighted by Gasteiger charge is -2.20. The third-order valence-electron chi connectivity index (χ3n) is 4.23. The Morgan fingerprint density at radius 3 is 2.87 bits per heavy atom. The number of alkyl halides is 2. The van der Waals surface area contributed by atoms with Crippen LogP contribution in [-0.2, 0) is 7.05 Å². The Labute approximate surface area is 130 Å². The lowest BCUT2D eigenvalue weighted by atomic mass is 10.2. The van der Waals surface area contributed by atoms with Gasteiger partial charge in [-0.05, 0) is 12.8 Å². The van der Waals surface area contributed by atoms with Crippen LogP contribution < -0.4 is 0 Å². The van der Waals surface area contributed by atoms with E-state index >= 15 is 0 Å². The molecule has 23 heavy (non-hydrogen) atoms. The topological polar surface area (TPSA) is 77.1 Å². The van der Waals surface area contributed by atoms with E-state index < -0.39 is 30.8 Å². The van der Waals surface area contributed by atoms with Gasteiger partial charge >= 0.3 is 0 Å². The second kappa shape index (κ2) is 4.84. The number of hydrogen-bond donors (Lipinski definition) is 0. The van der Waals surface area contributed by atoms with E-state index in [0.717, 1.165) is 17.7 Å². The summed E-state index contributed by atoms with van der Waals surface area (Å²) in [5.41, 5.74) is 0. The Hall–Kier alpha value is -2.32. The molecule has 1 amide bonds. The second-order valence-electron chi connectivity index (χ2n) is 6.14. The number of carbonyl (C=O) groups excluding carboxylic acids is 1. The molecule has 0 radical (unpaired) electrons. The Bertz CT molecular complexity index is 752. The molecule has 0 N–H and O–H groups in total. The minimum Gasteiger partial charge on any atom is -0.337 e. The van der Waals surface area contributed by atoms with Gasteiger partial charge in [-0.2, -0.15) is 4.98 Å². The molecule has 122 valence electrons. The van der Waals surface area contributed by atoms with Gasteiger partial charge in [-0.25, -0.2) is 13.8 Å². The summed E-state index contributed by atoms with van der Waals surface area (Å²) < 4.78 is 34.5. The molecule has 9 heteroatoms. The first-order chi connectivity index (χ1) is 10.9. The normalized spacial score (nSPS) is 23.4. The molecule has 2 aliphatic rings. The fourth-order valence-corrected chi connectivity index (χ4v) is 2.84. The van der Waals surface area contributed by atoms with Gasteiger partial charge in [0.1, 0.15) is 6.04 Å². The number of carbonyl (C=O) groups is 1. The molecule has 1 saturated carbocycles. The van der Waals surface area contributed by atoms with Crippen molar-refractivity contribution >= 4 is 5.91 Å². The molecule has 1 aliphatic heterocycles. The molecule has 2 fully saturated rings. The van der Waals surface area contributed by atoms with Crippen LogP contribution in [0.2, 0.25) is 0 Å². The standard InChI is InChI=1S/C14H15F2N5O2/c1-20-5-4-17-11(20)13(22)21-7-14(15,16)6-9(21)12-18-10(19-23-12)8-2-3-8/h4-5,8-9H,2-3,6-7H2,1H3/t9-/m0/s1. The number of nitrogens with zero attached hydrogens (tertiary/aromatic N) is 5. The Balaban J connectivity index is 1.65. The Morgan fingerprint density at radius 2 is 2.22 bits per heavy atom. The minimum atomic E-state index is -2.99. The zero-order valence-electron chi connectivity index (χ0n) is 12.4. The van der Waals surface area contributed by atoms with Crippen LogP contribution in [0.4, 0.5) is 8.78 Å². The molecule has 2 aromatic rings. The van der Waals surface area contributed by atoms with E-state index in [1.165, 1.54) is 10.8 Å². The molecule has 1 aliphatic carbocycles. The average molecular weight is 323 g/mol. The van der Waals surface area contributed by atoms with E-state index in [-0.39, 0.29) is 17.6 Å². The summed E-state index contributed by atoms with van der Waals surface area (Å²) in [5, 5.41) is 3.85. The summed E-state index contributed by atoms with van der Waals surface area (Å²) in [5.74, 6) is -2.57. The van der Waals surface area contributed by atoms with Crippen molar-refractivity contribution in [2.75, 3.05) is 6.54 Å². The number of hydrogen-bond acceptors (Lipinski definition) is 5. The van der Waals surface area contributed by atoms with Crippen molar-refractivity contribution in [1.29, 1.82) is 0 Å². The fraction of sp³-hybridized carbons (Fsp3) is 0.571. The summed E-state index contributed by atoms with van der Waals surface area (Å²) in [6, 6.07) is -0.922. The molecule has 7 nitrogen and oxygen atoms in total. The smallest absolute Gasteiger partial charge is 0.290 e. The molecule has 1 saturated heterocycles. The molecule has 0 unspecified atom stereocenters. The van der Waals surface area contributed by atoms with Gasteiger partial charge in [0, 0.05) is 31.8 Å². The van der Waals surface area contributed by atoms with Gasteiger partial charge in [0.05, 0.1) is 6.54 Å². The van der Waals surface area contributed by atoms with Gasteiger partial charge in [-0.3, -0.25) is 4.79 Å². The van der Waals surface area contributed by atoms with Crippen molar-refractivity contribution in [2.45, 2.75) is 37.1 Å². The molecule has 0 spiro atoms. The van der Waals surface area contributed by atoms with Gasteiger partial charge in [0.15, 0.2) is 11.6 Å². The van der Waals surface area contributed by atoms with E-state index in [9.17, 15) is 13.6 Å². The highest BCUT2D eigenvalue weighted by Gasteiger charge is 2.50. The van der Waals surface area contributed by atoms with E-state index in [0.29, 0.717) is 5.82 Å². The third-order valence-corrected chi connectivity index (χ3v) is 4.23. The lowest BCUT2D eigenvalue weighted by Crippen LogP contribution is -2.34. The number of amides is 1. The summed E-state index contributed by atoms with van der Waals surface area (Å²) in [7, 11) is 1.64. The molecular weight excluding hydrogens is 308 g/mol.